The highest BCUT2D eigenvalue weighted by Crippen LogP contribution is 2.33. The predicted octanol–water partition coefficient (Wildman–Crippen LogP) is 3.58. The third-order valence-electron chi connectivity index (χ3n) is 5.56. The van der Waals surface area contributed by atoms with Crippen LogP contribution in [0.1, 0.15) is 43.4 Å². The molecule has 4 rings (SSSR count). The zero-order valence-electron chi connectivity index (χ0n) is 14.2. The average Bonchev–Trinajstić information content (AvgIpc) is 2.90. The molecule has 1 aliphatic carbocycles. The van der Waals surface area contributed by atoms with E-state index >= 15 is 0 Å². The molecule has 2 aromatic rings. The maximum atomic E-state index is 12.2. The Kier molecular flexibility index (Phi) is 3.96. The summed E-state index contributed by atoms with van der Waals surface area (Å²) in [4.78, 5) is 14.5. The van der Waals surface area contributed by atoms with Gasteiger partial charge in [0.05, 0.1) is 17.3 Å². The summed E-state index contributed by atoms with van der Waals surface area (Å²) in [5, 5.41) is 12.9. The number of fused-ring (bicyclic) bond motifs is 3. The number of amides is 1. The topological polar surface area (TPSA) is 48.7 Å². The third-order valence-corrected chi connectivity index (χ3v) is 5.56. The van der Waals surface area contributed by atoms with Crippen molar-refractivity contribution in [2.24, 2.45) is 0 Å². The zero-order chi connectivity index (χ0) is 16.7. The van der Waals surface area contributed by atoms with Crippen molar-refractivity contribution in [3.63, 3.8) is 0 Å². The number of likely N-dealkylation sites (N-methyl/N-ethyl adjacent to an activating group) is 1. The SMILES string of the molecule is CN1CCc2c(n(N(C(=O)O)C3CCCCC3)c3ccccc23)C1. The minimum absolute atomic E-state index is 0.0865. The fraction of sp³-hybridized carbons (Fsp3) is 0.526. The van der Waals surface area contributed by atoms with E-state index < -0.39 is 6.09 Å². The summed E-state index contributed by atoms with van der Waals surface area (Å²) in [5.41, 5.74) is 3.51. The second-order valence-electron chi connectivity index (χ2n) is 7.16. The van der Waals surface area contributed by atoms with Gasteiger partial charge in [-0.25, -0.2) is 9.80 Å². The molecule has 1 aliphatic heterocycles. The first-order valence-corrected chi connectivity index (χ1v) is 8.99. The van der Waals surface area contributed by atoms with Crippen LogP contribution in [0.3, 0.4) is 0 Å². The second kappa shape index (κ2) is 6.13. The van der Waals surface area contributed by atoms with Crippen LogP contribution in [0.15, 0.2) is 24.3 Å². The molecule has 1 aromatic heterocycles. The van der Waals surface area contributed by atoms with Gasteiger partial charge in [0.25, 0.3) is 0 Å². The first-order valence-electron chi connectivity index (χ1n) is 8.99. The lowest BCUT2D eigenvalue weighted by Crippen LogP contribution is -2.49. The van der Waals surface area contributed by atoms with Gasteiger partial charge in [0.1, 0.15) is 0 Å². The molecule has 0 radical (unpaired) electrons. The molecule has 24 heavy (non-hydrogen) atoms. The lowest BCUT2D eigenvalue weighted by Gasteiger charge is -2.35. The van der Waals surface area contributed by atoms with Crippen LogP contribution in [-0.2, 0) is 13.0 Å². The summed E-state index contributed by atoms with van der Waals surface area (Å²) in [5.74, 6) is 0. The van der Waals surface area contributed by atoms with E-state index in [1.807, 2.05) is 10.7 Å². The van der Waals surface area contributed by atoms with E-state index in [0.29, 0.717) is 0 Å². The van der Waals surface area contributed by atoms with Crippen LogP contribution in [0.2, 0.25) is 0 Å². The fourth-order valence-corrected chi connectivity index (χ4v) is 4.40. The Hall–Kier alpha value is -2.01. The Balaban J connectivity index is 1.90. The quantitative estimate of drug-likeness (QED) is 0.917. The Bertz CT molecular complexity index is 761. The Morgan fingerprint density at radius 1 is 1.21 bits per heavy atom. The van der Waals surface area contributed by atoms with E-state index in [1.54, 1.807) is 5.01 Å². The van der Waals surface area contributed by atoms with Crippen molar-refractivity contribution in [3.8, 4) is 0 Å². The first kappa shape index (κ1) is 15.5. The van der Waals surface area contributed by atoms with Crippen molar-refractivity contribution in [3.05, 3.63) is 35.5 Å². The van der Waals surface area contributed by atoms with Gasteiger partial charge in [-0.3, -0.25) is 4.68 Å². The Morgan fingerprint density at radius 3 is 2.71 bits per heavy atom. The number of aromatic nitrogens is 1. The smallest absolute Gasteiger partial charge is 0.426 e. The van der Waals surface area contributed by atoms with Crippen LogP contribution in [0.5, 0.6) is 0 Å². The van der Waals surface area contributed by atoms with E-state index in [1.165, 1.54) is 17.4 Å². The average molecular weight is 327 g/mol. The Morgan fingerprint density at radius 2 is 1.96 bits per heavy atom. The number of para-hydroxylation sites is 1. The number of carbonyl (C=O) groups is 1. The molecule has 0 spiro atoms. The summed E-state index contributed by atoms with van der Waals surface area (Å²) >= 11 is 0. The van der Waals surface area contributed by atoms with Crippen molar-refractivity contribution >= 4 is 17.0 Å². The number of hydrogen-bond donors (Lipinski definition) is 1. The van der Waals surface area contributed by atoms with Crippen molar-refractivity contribution in [1.29, 1.82) is 0 Å². The summed E-state index contributed by atoms with van der Waals surface area (Å²) in [6, 6.07) is 8.35. The molecule has 2 aliphatic rings. The molecule has 0 atom stereocenters. The highest BCUT2D eigenvalue weighted by molar-refractivity contribution is 5.89. The lowest BCUT2D eigenvalue weighted by molar-refractivity contribution is 0.185. The molecule has 1 saturated carbocycles. The maximum Gasteiger partial charge on any atom is 0.426 e. The second-order valence-corrected chi connectivity index (χ2v) is 7.16. The maximum absolute atomic E-state index is 12.2. The number of hydrogen-bond acceptors (Lipinski definition) is 2. The molecule has 0 unspecified atom stereocenters. The van der Waals surface area contributed by atoms with Crippen LogP contribution in [0, 0.1) is 0 Å². The molecular weight excluding hydrogens is 302 g/mol. The van der Waals surface area contributed by atoms with Gasteiger partial charge in [-0.2, -0.15) is 0 Å². The van der Waals surface area contributed by atoms with Gasteiger partial charge < -0.3 is 10.0 Å². The van der Waals surface area contributed by atoms with Crippen LogP contribution in [-0.4, -0.2) is 40.4 Å². The minimum Gasteiger partial charge on any atom is -0.464 e. The molecule has 1 aromatic carbocycles. The summed E-state index contributed by atoms with van der Waals surface area (Å²) in [6.45, 7) is 1.83. The monoisotopic (exact) mass is 327 g/mol. The van der Waals surface area contributed by atoms with E-state index in [-0.39, 0.29) is 6.04 Å². The van der Waals surface area contributed by atoms with E-state index in [4.69, 9.17) is 0 Å². The van der Waals surface area contributed by atoms with Crippen LogP contribution in [0.4, 0.5) is 4.79 Å². The number of benzene rings is 1. The molecule has 128 valence electrons. The summed E-state index contributed by atoms with van der Waals surface area (Å²) in [7, 11) is 2.11. The summed E-state index contributed by atoms with van der Waals surface area (Å²) in [6.07, 6.45) is 5.53. The highest BCUT2D eigenvalue weighted by Gasteiger charge is 2.32. The number of rotatable bonds is 2. The minimum atomic E-state index is -0.835. The molecule has 1 amide bonds. The van der Waals surface area contributed by atoms with Crippen LogP contribution >= 0.6 is 0 Å². The molecule has 0 saturated heterocycles. The van der Waals surface area contributed by atoms with Crippen molar-refractivity contribution in [2.75, 3.05) is 18.6 Å². The van der Waals surface area contributed by atoms with Gasteiger partial charge in [0, 0.05) is 18.5 Å². The predicted molar refractivity (Wildman–Crippen MR) is 95.1 cm³/mol. The molecule has 1 N–H and O–H groups in total. The zero-order valence-corrected chi connectivity index (χ0v) is 14.2. The van der Waals surface area contributed by atoms with Crippen molar-refractivity contribution in [2.45, 2.75) is 51.1 Å². The molecular formula is C19H25N3O2. The number of nitrogens with zero attached hydrogens (tertiary/aromatic N) is 3. The first-order chi connectivity index (χ1) is 11.7. The molecule has 2 heterocycles. The normalized spacial score (nSPS) is 19.4. The van der Waals surface area contributed by atoms with Crippen molar-refractivity contribution in [1.82, 2.24) is 9.58 Å². The largest absolute Gasteiger partial charge is 0.464 e. The highest BCUT2D eigenvalue weighted by atomic mass is 16.4. The molecule has 0 bridgehead atoms. The van der Waals surface area contributed by atoms with Gasteiger partial charge >= 0.3 is 6.09 Å². The van der Waals surface area contributed by atoms with E-state index in [0.717, 1.165) is 56.4 Å². The van der Waals surface area contributed by atoms with Gasteiger partial charge in [0.2, 0.25) is 0 Å². The van der Waals surface area contributed by atoms with E-state index in [9.17, 15) is 9.90 Å². The Labute approximate surface area is 142 Å². The van der Waals surface area contributed by atoms with E-state index in [2.05, 4.69) is 30.1 Å². The van der Waals surface area contributed by atoms with Gasteiger partial charge in [-0.15, -0.1) is 0 Å². The fourth-order valence-electron chi connectivity index (χ4n) is 4.40. The summed E-state index contributed by atoms with van der Waals surface area (Å²) < 4.78 is 2.01. The molecule has 5 nitrogen and oxygen atoms in total. The van der Waals surface area contributed by atoms with Crippen LogP contribution < -0.4 is 5.01 Å². The third kappa shape index (κ3) is 2.47. The van der Waals surface area contributed by atoms with Gasteiger partial charge in [0.15, 0.2) is 0 Å². The van der Waals surface area contributed by atoms with Crippen LogP contribution in [0.25, 0.3) is 10.9 Å². The molecule has 1 fully saturated rings. The van der Waals surface area contributed by atoms with Crippen molar-refractivity contribution < 1.29 is 9.90 Å². The molecule has 5 heteroatoms. The lowest BCUT2D eigenvalue weighted by atomic mass is 9.95. The van der Waals surface area contributed by atoms with Gasteiger partial charge in [-0.05, 0) is 37.9 Å². The number of carboxylic acid groups (broad SMARTS) is 1. The van der Waals surface area contributed by atoms with Gasteiger partial charge in [-0.1, -0.05) is 37.5 Å². The standard InChI is InChI=1S/C19H25N3O2/c1-20-12-11-16-15-9-5-6-10-17(15)22(18(16)13-20)21(19(23)24)14-7-3-2-4-8-14/h5-6,9-10,14H,2-4,7-8,11-13H2,1H3,(H,23,24).